The minimum atomic E-state index is -0.0582. The lowest BCUT2D eigenvalue weighted by atomic mass is 9.91. The molecular formula is C19H36N4O2. The summed E-state index contributed by atoms with van der Waals surface area (Å²) in [4.78, 5) is 17.0. The van der Waals surface area contributed by atoms with Gasteiger partial charge < -0.3 is 25.6 Å². The van der Waals surface area contributed by atoms with E-state index in [2.05, 4.69) is 10.2 Å². The Morgan fingerprint density at radius 2 is 1.92 bits per heavy atom. The van der Waals surface area contributed by atoms with Crippen LogP contribution in [0.4, 0.5) is 0 Å². The van der Waals surface area contributed by atoms with E-state index in [1.54, 1.807) is 0 Å². The molecule has 0 bridgehead atoms. The van der Waals surface area contributed by atoms with Gasteiger partial charge in [-0.1, -0.05) is 6.42 Å². The molecule has 3 N–H and O–H groups in total. The van der Waals surface area contributed by atoms with Crippen LogP contribution in [0.3, 0.4) is 0 Å². The van der Waals surface area contributed by atoms with Crippen molar-refractivity contribution in [1.82, 2.24) is 15.1 Å². The molecule has 3 fully saturated rings. The number of hydrogen-bond acceptors (Lipinski definition) is 5. The van der Waals surface area contributed by atoms with Crippen molar-refractivity contribution in [3.05, 3.63) is 0 Å². The molecule has 6 nitrogen and oxygen atoms in total. The van der Waals surface area contributed by atoms with E-state index in [9.17, 15) is 4.79 Å². The lowest BCUT2D eigenvalue weighted by Gasteiger charge is -2.34. The molecule has 0 saturated carbocycles. The molecule has 1 unspecified atom stereocenters. The minimum absolute atomic E-state index is 0.0582. The Kier molecular flexibility index (Phi) is 7.10. The van der Waals surface area contributed by atoms with E-state index in [0.29, 0.717) is 11.8 Å². The average molecular weight is 353 g/mol. The standard InChI is InChI=1S/C19H36N4O2/c20-19(6-14-25-16-19)5-1-2-9-22-10-3-17(4-11-22)15-18(24)23-12-7-21-8-13-23/h17,21H,1-16,20H2. The van der Waals surface area contributed by atoms with Crippen LogP contribution in [0, 0.1) is 5.92 Å². The maximum absolute atomic E-state index is 12.4. The first-order valence-electron chi connectivity index (χ1n) is 10.2. The lowest BCUT2D eigenvalue weighted by molar-refractivity contribution is -0.133. The molecule has 6 heteroatoms. The normalized spacial score (nSPS) is 29.2. The SMILES string of the molecule is NC1(CCCCN2CCC(CC(=O)N3CCNCC3)CC2)CCOC1. The summed E-state index contributed by atoms with van der Waals surface area (Å²) < 4.78 is 5.42. The molecule has 0 spiro atoms. The fourth-order valence-corrected chi connectivity index (χ4v) is 4.34. The first-order valence-corrected chi connectivity index (χ1v) is 10.2. The van der Waals surface area contributed by atoms with Gasteiger partial charge in [0.15, 0.2) is 0 Å². The Morgan fingerprint density at radius 1 is 1.16 bits per heavy atom. The summed E-state index contributed by atoms with van der Waals surface area (Å²) in [5.74, 6) is 0.952. The molecule has 0 aromatic rings. The van der Waals surface area contributed by atoms with E-state index in [0.717, 1.165) is 71.7 Å². The van der Waals surface area contributed by atoms with Gasteiger partial charge in [0.05, 0.1) is 6.61 Å². The number of hydrogen-bond donors (Lipinski definition) is 2. The Balaban J connectivity index is 1.26. The number of likely N-dealkylation sites (tertiary alicyclic amines) is 1. The van der Waals surface area contributed by atoms with Crippen molar-refractivity contribution < 1.29 is 9.53 Å². The number of rotatable bonds is 7. The zero-order valence-corrected chi connectivity index (χ0v) is 15.7. The molecule has 3 aliphatic heterocycles. The molecule has 144 valence electrons. The molecule has 3 aliphatic rings. The quantitative estimate of drug-likeness (QED) is 0.664. The predicted molar refractivity (Wildman–Crippen MR) is 99.4 cm³/mol. The summed E-state index contributed by atoms with van der Waals surface area (Å²) in [6, 6.07) is 0. The smallest absolute Gasteiger partial charge is 0.222 e. The van der Waals surface area contributed by atoms with Crippen molar-refractivity contribution in [3.63, 3.8) is 0 Å². The van der Waals surface area contributed by atoms with E-state index in [1.807, 2.05) is 4.90 Å². The molecule has 3 saturated heterocycles. The molecule has 0 aromatic carbocycles. The van der Waals surface area contributed by atoms with Gasteiger partial charge in [0.1, 0.15) is 0 Å². The van der Waals surface area contributed by atoms with Crippen molar-refractivity contribution in [2.24, 2.45) is 11.7 Å². The molecule has 3 rings (SSSR count). The van der Waals surface area contributed by atoms with Crippen LogP contribution in [-0.4, -0.2) is 80.3 Å². The van der Waals surface area contributed by atoms with Gasteiger partial charge in [-0.2, -0.15) is 0 Å². The van der Waals surface area contributed by atoms with Crippen molar-refractivity contribution in [3.8, 4) is 0 Å². The first-order chi connectivity index (χ1) is 12.1. The third-order valence-corrected chi connectivity index (χ3v) is 6.17. The third-order valence-electron chi connectivity index (χ3n) is 6.17. The van der Waals surface area contributed by atoms with Crippen LogP contribution in [0.2, 0.25) is 0 Å². The maximum atomic E-state index is 12.4. The van der Waals surface area contributed by atoms with Crippen LogP contribution in [0.1, 0.15) is 44.9 Å². The third kappa shape index (κ3) is 5.91. The van der Waals surface area contributed by atoms with Gasteiger partial charge in [-0.15, -0.1) is 0 Å². The highest BCUT2D eigenvalue weighted by Crippen LogP contribution is 2.24. The Hall–Kier alpha value is -0.690. The topological polar surface area (TPSA) is 70.8 Å². The molecule has 25 heavy (non-hydrogen) atoms. The van der Waals surface area contributed by atoms with E-state index < -0.39 is 0 Å². The summed E-state index contributed by atoms with van der Waals surface area (Å²) in [5, 5.41) is 3.31. The second kappa shape index (κ2) is 9.31. The second-order valence-electron chi connectivity index (χ2n) is 8.24. The Bertz CT molecular complexity index is 412. The van der Waals surface area contributed by atoms with Gasteiger partial charge in [0.25, 0.3) is 0 Å². The summed E-state index contributed by atoms with van der Waals surface area (Å²) >= 11 is 0. The fraction of sp³-hybridized carbons (Fsp3) is 0.947. The van der Waals surface area contributed by atoms with E-state index in [4.69, 9.17) is 10.5 Å². The summed E-state index contributed by atoms with van der Waals surface area (Å²) in [6.07, 6.45) is 7.62. The highest BCUT2D eigenvalue weighted by atomic mass is 16.5. The number of carbonyl (C=O) groups excluding carboxylic acids is 1. The molecule has 0 radical (unpaired) electrons. The number of nitrogens with one attached hydrogen (secondary N) is 1. The van der Waals surface area contributed by atoms with E-state index in [1.165, 1.54) is 32.2 Å². The number of carbonyl (C=O) groups is 1. The predicted octanol–water partition coefficient (Wildman–Crippen LogP) is 0.808. The van der Waals surface area contributed by atoms with Gasteiger partial charge >= 0.3 is 0 Å². The molecule has 0 aliphatic carbocycles. The van der Waals surface area contributed by atoms with Crippen LogP contribution in [0.15, 0.2) is 0 Å². The second-order valence-corrected chi connectivity index (χ2v) is 8.24. The first kappa shape index (κ1) is 19.1. The van der Waals surface area contributed by atoms with Gasteiger partial charge in [-0.25, -0.2) is 0 Å². The zero-order valence-electron chi connectivity index (χ0n) is 15.7. The summed E-state index contributed by atoms with van der Waals surface area (Å²) in [7, 11) is 0. The number of unbranched alkanes of at least 4 members (excludes halogenated alkanes) is 1. The zero-order chi connectivity index (χ0) is 17.5. The van der Waals surface area contributed by atoms with E-state index >= 15 is 0 Å². The van der Waals surface area contributed by atoms with E-state index in [-0.39, 0.29) is 5.54 Å². The van der Waals surface area contributed by atoms with Crippen molar-refractivity contribution in [2.75, 3.05) is 59.0 Å². The van der Waals surface area contributed by atoms with Crippen LogP contribution < -0.4 is 11.1 Å². The van der Waals surface area contributed by atoms with Gasteiger partial charge in [0, 0.05) is 44.7 Å². The number of amides is 1. The minimum Gasteiger partial charge on any atom is -0.379 e. The number of piperazine rings is 1. The molecule has 3 heterocycles. The van der Waals surface area contributed by atoms with Gasteiger partial charge in [0.2, 0.25) is 5.91 Å². The number of nitrogens with zero attached hydrogens (tertiary/aromatic N) is 2. The van der Waals surface area contributed by atoms with Gasteiger partial charge in [-0.3, -0.25) is 4.79 Å². The Labute approximate surface area is 152 Å². The van der Waals surface area contributed by atoms with Crippen LogP contribution in [-0.2, 0) is 9.53 Å². The number of piperidine rings is 1. The molecule has 0 aromatic heterocycles. The average Bonchev–Trinajstić information content (AvgIpc) is 3.08. The molecule has 1 amide bonds. The van der Waals surface area contributed by atoms with Crippen molar-refractivity contribution in [1.29, 1.82) is 0 Å². The van der Waals surface area contributed by atoms with Gasteiger partial charge in [-0.05, 0) is 57.7 Å². The summed E-state index contributed by atoms with van der Waals surface area (Å²) in [5.41, 5.74) is 6.27. The molecular weight excluding hydrogens is 316 g/mol. The highest BCUT2D eigenvalue weighted by molar-refractivity contribution is 5.76. The maximum Gasteiger partial charge on any atom is 0.222 e. The van der Waals surface area contributed by atoms with Crippen LogP contribution in [0.5, 0.6) is 0 Å². The number of nitrogens with two attached hydrogens (primary N) is 1. The largest absolute Gasteiger partial charge is 0.379 e. The highest BCUT2D eigenvalue weighted by Gasteiger charge is 2.29. The number of ether oxygens (including phenoxy) is 1. The van der Waals surface area contributed by atoms with Crippen molar-refractivity contribution >= 4 is 5.91 Å². The monoisotopic (exact) mass is 352 g/mol. The fourth-order valence-electron chi connectivity index (χ4n) is 4.34. The lowest BCUT2D eigenvalue weighted by Crippen LogP contribution is -2.47. The molecule has 1 atom stereocenters. The van der Waals surface area contributed by atoms with Crippen LogP contribution >= 0.6 is 0 Å². The van der Waals surface area contributed by atoms with Crippen LogP contribution in [0.25, 0.3) is 0 Å². The van der Waals surface area contributed by atoms with Crippen molar-refractivity contribution in [2.45, 2.75) is 50.5 Å². The Morgan fingerprint density at radius 3 is 2.60 bits per heavy atom. The summed E-state index contributed by atoms with van der Waals surface area (Å²) in [6.45, 7) is 8.69.